The smallest absolute Gasteiger partial charge is 0.340 e. The number of fused-ring (bicyclic) bond motifs is 1. The van der Waals surface area contributed by atoms with Crippen molar-refractivity contribution in [2.24, 2.45) is 0 Å². The quantitative estimate of drug-likeness (QED) is 0.455. The number of sulfonamides is 1. The first-order chi connectivity index (χ1) is 16.7. The van der Waals surface area contributed by atoms with Crippen LogP contribution in [-0.4, -0.2) is 38.2 Å². The molecule has 0 saturated heterocycles. The van der Waals surface area contributed by atoms with Gasteiger partial charge in [0.1, 0.15) is 17.3 Å². The van der Waals surface area contributed by atoms with E-state index >= 15 is 4.39 Å². The van der Waals surface area contributed by atoms with Gasteiger partial charge in [-0.3, -0.25) is 9.52 Å². The number of benzene rings is 1. The monoisotopic (exact) mass is 519 g/mol. The molecule has 1 aromatic carbocycles. The lowest BCUT2D eigenvalue weighted by Crippen LogP contribution is -2.39. The number of carbonyl (C=O) groups is 1. The van der Waals surface area contributed by atoms with E-state index in [9.17, 15) is 18.0 Å². The summed E-state index contributed by atoms with van der Waals surface area (Å²) in [5, 5.41) is 5.24. The predicted molar refractivity (Wildman–Crippen MR) is 130 cm³/mol. The minimum atomic E-state index is -4.12. The number of ether oxygens (including phenoxy) is 1. The summed E-state index contributed by atoms with van der Waals surface area (Å²) in [5.74, 6) is -2.42. The molecular weight excluding hydrogens is 497 g/mol. The molecule has 12 heteroatoms. The van der Waals surface area contributed by atoms with Crippen LogP contribution >= 0.6 is 11.3 Å². The molecule has 3 aromatic rings. The molecule has 1 atom stereocenters. The number of halogens is 1. The first kappa shape index (κ1) is 24.6. The zero-order valence-corrected chi connectivity index (χ0v) is 20.5. The maximum atomic E-state index is 15.1. The molecule has 2 N–H and O–H groups in total. The molecule has 1 amide bonds. The molecule has 4 rings (SSSR count). The maximum Gasteiger partial charge on any atom is 0.340 e. The number of nitrogens with one attached hydrogen (secondary N) is 2. The van der Waals surface area contributed by atoms with E-state index < -0.39 is 33.1 Å². The Morgan fingerprint density at radius 3 is 2.89 bits per heavy atom. The SMILES string of the molecule is CNC(=O)CS(=O)(=O)Nc1cccc(Cc2c(C)c3c(oc2=O)=CC(Oc2nccs2)CC=3)c1F. The summed E-state index contributed by atoms with van der Waals surface area (Å²) >= 11 is 1.36. The molecule has 0 spiro atoms. The van der Waals surface area contributed by atoms with Crippen molar-refractivity contribution in [2.45, 2.75) is 25.9 Å². The normalized spacial score (nSPS) is 14.9. The second kappa shape index (κ2) is 10.0. The van der Waals surface area contributed by atoms with Crippen molar-refractivity contribution in [1.82, 2.24) is 10.3 Å². The molecule has 0 fully saturated rings. The Kier molecular flexibility index (Phi) is 7.03. The van der Waals surface area contributed by atoms with Crippen LogP contribution < -0.4 is 31.0 Å². The van der Waals surface area contributed by atoms with Crippen LogP contribution in [0.3, 0.4) is 0 Å². The van der Waals surface area contributed by atoms with Crippen molar-refractivity contribution in [2.75, 3.05) is 17.5 Å². The maximum absolute atomic E-state index is 15.1. The van der Waals surface area contributed by atoms with Crippen LogP contribution in [0.25, 0.3) is 12.2 Å². The van der Waals surface area contributed by atoms with Gasteiger partial charge in [-0.15, -0.1) is 0 Å². The van der Waals surface area contributed by atoms with E-state index in [0.717, 1.165) is 5.22 Å². The molecule has 1 aliphatic carbocycles. The van der Waals surface area contributed by atoms with Crippen molar-refractivity contribution >= 4 is 45.1 Å². The number of anilines is 1. The summed E-state index contributed by atoms with van der Waals surface area (Å²) in [7, 11) is -2.82. The largest absolute Gasteiger partial charge is 0.462 e. The van der Waals surface area contributed by atoms with Gasteiger partial charge < -0.3 is 14.5 Å². The van der Waals surface area contributed by atoms with Crippen molar-refractivity contribution in [3.63, 3.8) is 0 Å². The van der Waals surface area contributed by atoms with Gasteiger partial charge in [0.25, 0.3) is 5.19 Å². The van der Waals surface area contributed by atoms with E-state index in [2.05, 4.69) is 15.0 Å². The minimum absolute atomic E-state index is 0.102. The van der Waals surface area contributed by atoms with Gasteiger partial charge in [0, 0.05) is 42.2 Å². The van der Waals surface area contributed by atoms with E-state index in [-0.39, 0.29) is 29.3 Å². The van der Waals surface area contributed by atoms with Gasteiger partial charge in [0.15, 0.2) is 5.82 Å². The van der Waals surface area contributed by atoms with Crippen LogP contribution in [-0.2, 0) is 21.2 Å². The van der Waals surface area contributed by atoms with Crippen molar-refractivity contribution in [3.8, 4) is 5.19 Å². The van der Waals surface area contributed by atoms with Gasteiger partial charge in [0.2, 0.25) is 15.9 Å². The van der Waals surface area contributed by atoms with Gasteiger partial charge in [-0.25, -0.2) is 22.6 Å². The average molecular weight is 520 g/mol. The van der Waals surface area contributed by atoms with Gasteiger partial charge >= 0.3 is 5.63 Å². The van der Waals surface area contributed by atoms with Crippen LogP contribution in [0.1, 0.15) is 23.1 Å². The number of hydrogen-bond donors (Lipinski definition) is 2. The fourth-order valence-corrected chi connectivity index (χ4v) is 5.28. The van der Waals surface area contributed by atoms with E-state index in [1.165, 1.54) is 36.6 Å². The average Bonchev–Trinajstić information content (AvgIpc) is 3.31. The van der Waals surface area contributed by atoms with Gasteiger partial charge in [0.05, 0.1) is 5.69 Å². The lowest BCUT2D eigenvalue weighted by atomic mass is 9.98. The van der Waals surface area contributed by atoms with E-state index in [1.54, 1.807) is 24.6 Å². The summed E-state index contributed by atoms with van der Waals surface area (Å²) in [6.07, 6.45) is 5.35. The summed E-state index contributed by atoms with van der Waals surface area (Å²) < 4.78 is 52.9. The lowest BCUT2D eigenvalue weighted by molar-refractivity contribution is -0.118. The number of carbonyl (C=O) groups excluding carboxylic acids is 1. The van der Waals surface area contributed by atoms with E-state index in [4.69, 9.17) is 9.15 Å². The fraction of sp³-hybridized carbons (Fsp3) is 0.261. The number of thiazole rings is 1. The highest BCUT2D eigenvalue weighted by Crippen LogP contribution is 2.22. The van der Waals surface area contributed by atoms with Crippen LogP contribution in [0.15, 0.2) is 39.0 Å². The Bertz CT molecular complexity index is 1550. The molecule has 0 saturated carbocycles. The second-order valence-corrected chi connectivity index (χ2v) is 10.4. The van der Waals surface area contributed by atoms with Gasteiger partial charge in [-0.2, -0.15) is 0 Å². The highest BCUT2D eigenvalue weighted by Gasteiger charge is 2.21. The summed E-state index contributed by atoms with van der Waals surface area (Å²) in [6.45, 7) is 1.76. The Hall–Kier alpha value is -3.51. The lowest BCUT2D eigenvalue weighted by Gasteiger charge is -2.15. The Labute approximate surface area is 204 Å². The summed E-state index contributed by atoms with van der Waals surface area (Å²) in [5.41, 5.74) is 0.451. The van der Waals surface area contributed by atoms with Gasteiger partial charge in [-0.05, 0) is 30.2 Å². The van der Waals surface area contributed by atoms with Crippen molar-refractivity contribution in [3.05, 3.63) is 73.3 Å². The number of nitrogens with zero attached hydrogens (tertiary/aromatic N) is 1. The van der Waals surface area contributed by atoms with E-state index in [1.807, 2.05) is 6.08 Å². The molecule has 9 nitrogen and oxygen atoms in total. The zero-order valence-electron chi connectivity index (χ0n) is 18.8. The number of rotatable bonds is 8. The van der Waals surface area contributed by atoms with Crippen molar-refractivity contribution < 1.29 is 26.8 Å². The topological polar surface area (TPSA) is 128 Å². The Morgan fingerprint density at radius 1 is 1.37 bits per heavy atom. The summed E-state index contributed by atoms with van der Waals surface area (Å²) in [4.78, 5) is 28.3. The third kappa shape index (κ3) is 5.60. The standard InChI is InChI=1S/C23H22FN3O6S2/c1-13-16-7-6-15(32-23-26-8-9-34-23)11-19(16)33-22(29)17(13)10-14-4-3-5-18(21(14)24)27-35(30,31)12-20(28)25-2/h3-5,7-9,11,15,27H,6,10,12H2,1-2H3,(H,25,28). The molecule has 2 aromatic heterocycles. The van der Waals surface area contributed by atoms with Crippen LogP contribution in [0.4, 0.5) is 10.1 Å². The third-order valence-corrected chi connectivity index (χ3v) is 7.27. The van der Waals surface area contributed by atoms with Crippen LogP contribution in [0, 0.1) is 12.7 Å². The minimum Gasteiger partial charge on any atom is -0.462 e. The third-order valence-electron chi connectivity index (χ3n) is 5.44. The Balaban J connectivity index is 1.62. The predicted octanol–water partition coefficient (Wildman–Crippen LogP) is 1.03. The molecule has 0 bridgehead atoms. The molecule has 1 aliphatic rings. The Morgan fingerprint density at radius 2 is 2.17 bits per heavy atom. The van der Waals surface area contributed by atoms with Crippen LogP contribution in [0.2, 0.25) is 0 Å². The highest BCUT2D eigenvalue weighted by atomic mass is 32.2. The highest BCUT2D eigenvalue weighted by molar-refractivity contribution is 7.93. The molecule has 2 heterocycles. The first-order valence-electron chi connectivity index (χ1n) is 10.6. The molecule has 0 radical (unpaired) electrons. The molecule has 184 valence electrons. The van der Waals surface area contributed by atoms with Crippen LogP contribution in [0.5, 0.6) is 5.19 Å². The van der Waals surface area contributed by atoms with E-state index in [0.29, 0.717) is 22.6 Å². The molecule has 0 aliphatic heterocycles. The number of amides is 1. The molecule has 1 unspecified atom stereocenters. The van der Waals surface area contributed by atoms with Gasteiger partial charge in [-0.1, -0.05) is 29.5 Å². The molecular formula is C23H22FN3O6S2. The zero-order chi connectivity index (χ0) is 25.2. The summed E-state index contributed by atoms with van der Waals surface area (Å²) in [6, 6.07) is 4.16. The molecule has 35 heavy (non-hydrogen) atoms. The van der Waals surface area contributed by atoms with Crippen molar-refractivity contribution in [1.29, 1.82) is 0 Å². The first-order valence-corrected chi connectivity index (χ1v) is 13.1. The number of aromatic nitrogens is 1. The second-order valence-electron chi connectivity index (χ2n) is 7.82. The number of hydrogen-bond acceptors (Lipinski definition) is 8. The fourth-order valence-electron chi connectivity index (χ4n) is 3.68.